The summed E-state index contributed by atoms with van der Waals surface area (Å²) in [6.07, 6.45) is 1.55. The Hall–Kier alpha value is -4.18. The molecule has 10 nitrogen and oxygen atoms in total. The molecule has 0 saturated heterocycles. The number of aromatic nitrogens is 1. The Bertz CT molecular complexity index is 1160. The van der Waals surface area contributed by atoms with Crippen LogP contribution in [0.3, 0.4) is 0 Å². The predicted octanol–water partition coefficient (Wildman–Crippen LogP) is 1.74. The lowest BCUT2D eigenvalue weighted by molar-refractivity contribution is -0.156. The van der Waals surface area contributed by atoms with Gasteiger partial charge >= 0.3 is 17.9 Å². The highest BCUT2D eigenvalue weighted by Crippen LogP contribution is 2.19. The first kappa shape index (κ1) is 24.5. The van der Waals surface area contributed by atoms with Gasteiger partial charge in [-0.05, 0) is 30.2 Å². The highest BCUT2D eigenvalue weighted by Gasteiger charge is 2.25. The number of aromatic amines is 1. The zero-order valence-electron chi connectivity index (χ0n) is 18.2. The van der Waals surface area contributed by atoms with Gasteiger partial charge in [0.25, 0.3) is 0 Å². The predicted molar refractivity (Wildman–Crippen MR) is 122 cm³/mol. The van der Waals surface area contributed by atoms with Gasteiger partial charge in [-0.3, -0.25) is 9.59 Å². The number of amides is 1. The summed E-state index contributed by atoms with van der Waals surface area (Å²) in [5.74, 6) is -3.24. The molecule has 0 bridgehead atoms. The van der Waals surface area contributed by atoms with E-state index < -0.39 is 42.7 Å². The Kier molecular flexibility index (Phi) is 8.36. The summed E-state index contributed by atoms with van der Waals surface area (Å²) in [6, 6.07) is 13.4. The highest BCUT2D eigenvalue weighted by atomic mass is 16.7. The van der Waals surface area contributed by atoms with Crippen molar-refractivity contribution < 1.29 is 33.8 Å². The van der Waals surface area contributed by atoms with Crippen LogP contribution in [0, 0.1) is 0 Å². The smallest absolute Gasteiger partial charge is 0.340 e. The maximum atomic E-state index is 12.7. The van der Waals surface area contributed by atoms with Gasteiger partial charge in [0, 0.05) is 29.9 Å². The van der Waals surface area contributed by atoms with Gasteiger partial charge in [-0.25, -0.2) is 9.59 Å². The quantitative estimate of drug-likeness (QED) is 0.245. The fourth-order valence-corrected chi connectivity index (χ4v) is 3.29. The molecule has 1 aromatic heterocycles. The molecule has 0 aliphatic carbocycles. The maximum Gasteiger partial charge on any atom is 0.340 e. The van der Waals surface area contributed by atoms with Crippen LogP contribution in [-0.2, 0) is 30.3 Å². The number of fused-ring (bicyclic) bond motifs is 1. The van der Waals surface area contributed by atoms with Crippen LogP contribution in [0.4, 0.5) is 0 Å². The van der Waals surface area contributed by atoms with Crippen molar-refractivity contribution >= 4 is 34.7 Å². The second kappa shape index (κ2) is 11.6. The van der Waals surface area contributed by atoms with Crippen molar-refractivity contribution in [2.75, 3.05) is 6.79 Å². The number of H-pyrrole nitrogens is 1. The van der Waals surface area contributed by atoms with Crippen LogP contribution in [0.15, 0.2) is 60.8 Å². The molecular weight excluding hydrogens is 442 g/mol. The lowest BCUT2D eigenvalue weighted by Crippen LogP contribution is -2.44. The number of benzene rings is 2. The largest absolute Gasteiger partial charge is 0.480 e. The number of carbonyl (C=O) groups excluding carboxylic acids is 3. The molecule has 0 spiro atoms. The Morgan fingerprint density at radius 1 is 1.00 bits per heavy atom. The van der Waals surface area contributed by atoms with Crippen molar-refractivity contribution in [2.24, 2.45) is 5.73 Å². The molecule has 3 aromatic rings. The average molecular weight is 467 g/mol. The number of carboxylic acid groups (broad SMARTS) is 1. The molecular formula is C24H25N3O7. The molecule has 3 rings (SSSR count). The zero-order valence-corrected chi connectivity index (χ0v) is 18.2. The van der Waals surface area contributed by atoms with Crippen molar-refractivity contribution in [1.82, 2.24) is 10.3 Å². The van der Waals surface area contributed by atoms with Crippen LogP contribution >= 0.6 is 0 Å². The summed E-state index contributed by atoms with van der Waals surface area (Å²) in [4.78, 5) is 51.1. The number of rotatable bonds is 11. The maximum absolute atomic E-state index is 12.7. The van der Waals surface area contributed by atoms with E-state index in [1.807, 2.05) is 24.3 Å². The van der Waals surface area contributed by atoms with E-state index in [2.05, 4.69) is 10.3 Å². The molecule has 5 N–H and O–H groups in total. The van der Waals surface area contributed by atoms with E-state index in [1.165, 1.54) is 0 Å². The topological polar surface area (TPSA) is 161 Å². The summed E-state index contributed by atoms with van der Waals surface area (Å²) >= 11 is 0. The van der Waals surface area contributed by atoms with E-state index in [9.17, 15) is 19.2 Å². The van der Waals surface area contributed by atoms with E-state index >= 15 is 0 Å². The average Bonchev–Trinajstić information content (AvgIpc) is 3.25. The number of hydrogen-bond donors (Lipinski definition) is 4. The molecule has 0 saturated carbocycles. The fourth-order valence-electron chi connectivity index (χ4n) is 3.29. The molecule has 0 radical (unpaired) electrons. The minimum Gasteiger partial charge on any atom is -0.480 e. The second-order valence-electron chi connectivity index (χ2n) is 7.55. The third-order valence-corrected chi connectivity index (χ3v) is 5.12. The minimum absolute atomic E-state index is 0.0926. The van der Waals surface area contributed by atoms with Crippen molar-refractivity contribution in [3.63, 3.8) is 0 Å². The highest BCUT2D eigenvalue weighted by molar-refractivity contribution is 5.90. The van der Waals surface area contributed by atoms with Gasteiger partial charge in [-0.1, -0.05) is 36.4 Å². The van der Waals surface area contributed by atoms with Crippen LogP contribution in [0.1, 0.15) is 28.8 Å². The lowest BCUT2D eigenvalue weighted by Gasteiger charge is -2.18. The Morgan fingerprint density at radius 2 is 1.71 bits per heavy atom. The van der Waals surface area contributed by atoms with Crippen LogP contribution in [0.2, 0.25) is 0 Å². The first-order valence-electron chi connectivity index (χ1n) is 10.6. The molecule has 1 heterocycles. The van der Waals surface area contributed by atoms with Crippen molar-refractivity contribution in [2.45, 2.75) is 31.3 Å². The standard InChI is InChI=1S/C24H25N3O7/c25-18(22(29)30)10-11-21(28)27-20(12-16-13-26-19-9-5-4-8-17(16)19)24(32)34-14-33-23(31)15-6-2-1-3-7-15/h1-9,13,18,20,26H,10-12,14,25H2,(H,27,28)(H,29,30)/t18-,20?/m1/s1. The van der Waals surface area contributed by atoms with E-state index in [4.69, 9.17) is 20.3 Å². The SMILES string of the molecule is N[C@H](CCC(=O)NC(Cc1c[nH]c2ccccc12)C(=O)OCOC(=O)c1ccccc1)C(=O)O. The van der Waals surface area contributed by atoms with Gasteiger partial charge < -0.3 is 30.6 Å². The van der Waals surface area contributed by atoms with Gasteiger partial charge in [-0.15, -0.1) is 0 Å². The van der Waals surface area contributed by atoms with Crippen LogP contribution in [-0.4, -0.2) is 52.8 Å². The molecule has 0 fully saturated rings. The van der Waals surface area contributed by atoms with Crippen LogP contribution in [0.5, 0.6) is 0 Å². The van der Waals surface area contributed by atoms with Crippen molar-refractivity contribution in [1.29, 1.82) is 0 Å². The molecule has 2 atom stereocenters. The van der Waals surface area contributed by atoms with Gasteiger partial charge in [0.15, 0.2) is 0 Å². The summed E-state index contributed by atoms with van der Waals surface area (Å²) in [7, 11) is 0. The summed E-state index contributed by atoms with van der Waals surface area (Å²) in [5.41, 5.74) is 7.37. The van der Waals surface area contributed by atoms with Crippen molar-refractivity contribution in [3.8, 4) is 0 Å². The minimum atomic E-state index is -1.22. The second-order valence-corrected chi connectivity index (χ2v) is 7.55. The van der Waals surface area contributed by atoms with E-state index in [1.54, 1.807) is 36.5 Å². The van der Waals surface area contributed by atoms with Gasteiger partial charge in [-0.2, -0.15) is 0 Å². The number of nitrogens with two attached hydrogens (primary N) is 1. The van der Waals surface area contributed by atoms with Gasteiger partial charge in [0.1, 0.15) is 12.1 Å². The number of esters is 2. The van der Waals surface area contributed by atoms with Crippen LogP contribution in [0.25, 0.3) is 10.9 Å². The summed E-state index contributed by atoms with van der Waals surface area (Å²) in [5, 5.41) is 12.3. The molecule has 34 heavy (non-hydrogen) atoms. The monoisotopic (exact) mass is 467 g/mol. The summed E-state index contributed by atoms with van der Waals surface area (Å²) in [6.45, 7) is -0.628. The number of ether oxygens (including phenoxy) is 2. The number of para-hydroxylation sites is 1. The Balaban J connectivity index is 1.64. The number of aliphatic carboxylic acids is 1. The molecule has 0 aliphatic rings. The zero-order chi connectivity index (χ0) is 24.5. The van der Waals surface area contributed by atoms with Gasteiger partial charge in [0.2, 0.25) is 12.7 Å². The number of hydrogen-bond acceptors (Lipinski definition) is 7. The Morgan fingerprint density at radius 3 is 2.44 bits per heavy atom. The summed E-state index contributed by atoms with van der Waals surface area (Å²) < 4.78 is 10.1. The van der Waals surface area contributed by atoms with E-state index in [0.717, 1.165) is 16.5 Å². The molecule has 1 unspecified atom stereocenters. The first-order chi connectivity index (χ1) is 16.3. The molecule has 1 amide bonds. The van der Waals surface area contributed by atoms with Crippen LogP contribution < -0.4 is 11.1 Å². The molecule has 0 aliphatic heterocycles. The van der Waals surface area contributed by atoms with Crippen molar-refractivity contribution in [3.05, 3.63) is 71.9 Å². The number of carboxylic acids is 1. The fraction of sp³-hybridized carbons (Fsp3) is 0.250. The number of nitrogens with one attached hydrogen (secondary N) is 2. The Labute approximate surface area is 195 Å². The van der Waals surface area contributed by atoms with E-state index in [0.29, 0.717) is 5.56 Å². The number of carbonyl (C=O) groups is 4. The molecule has 178 valence electrons. The lowest BCUT2D eigenvalue weighted by atomic mass is 10.0. The molecule has 2 aromatic carbocycles. The van der Waals surface area contributed by atoms with Gasteiger partial charge in [0.05, 0.1) is 5.56 Å². The third-order valence-electron chi connectivity index (χ3n) is 5.12. The van der Waals surface area contributed by atoms with E-state index in [-0.39, 0.29) is 19.3 Å². The molecule has 10 heteroatoms. The third kappa shape index (κ3) is 6.66. The normalized spacial score (nSPS) is 12.5. The first-order valence-corrected chi connectivity index (χ1v) is 10.6.